The molecule has 2 heteroatoms. The van der Waals surface area contributed by atoms with Crippen molar-refractivity contribution in [2.24, 2.45) is 0 Å². The van der Waals surface area contributed by atoms with Crippen molar-refractivity contribution in [2.45, 2.75) is 57.0 Å². The van der Waals surface area contributed by atoms with Gasteiger partial charge in [-0.1, -0.05) is 6.42 Å². The molecule has 0 amide bonds. The monoisotopic (exact) mass is 220 g/mol. The number of hydrogen-bond acceptors (Lipinski definition) is 2. The van der Waals surface area contributed by atoms with Crippen LogP contribution in [0.15, 0.2) is 0 Å². The normalized spacial score (nSPS) is 25.6. The Morgan fingerprint density at radius 2 is 2.12 bits per heavy atom. The minimum Gasteiger partial charge on any atom is -0.313 e. The van der Waals surface area contributed by atoms with E-state index in [1.54, 1.807) is 0 Å². The van der Waals surface area contributed by atoms with Crippen molar-refractivity contribution < 1.29 is 0 Å². The molecule has 2 rings (SSSR count). The third-order valence-electron chi connectivity index (χ3n) is 3.70. The van der Waals surface area contributed by atoms with Gasteiger partial charge in [-0.3, -0.25) is 4.90 Å². The predicted molar refractivity (Wildman–Crippen MR) is 68.3 cm³/mol. The lowest BCUT2D eigenvalue weighted by atomic mass is 10.0. The van der Waals surface area contributed by atoms with Crippen molar-refractivity contribution in [3.05, 3.63) is 0 Å². The van der Waals surface area contributed by atoms with Gasteiger partial charge in [-0.25, -0.2) is 0 Å². The summed E-state index contributed by atoms with van der Waals surface area (Å²) in [6, 6.07) is 1.61. The molecule has 0 aromatic rings. The SMILES string of the molecule is C#CCCCN(CC1CCCCN1)C1CC1. The number of terminal acetylenes is 1. The summed E-state index contributed by atoms with van der Waals surface area (Å²) in [6.45, 7) is 3.66. The van der Waals surface area contributed by atoms with Crippen molar-refractivity contribution in [2.75, 3.05) is 19.6 Å². The third-order valence-corrected chi connectivity index (χ3v) is 3.70. The van der Waals surface area contributed by atoms with Crippen LogP contribution in [0, 0.1) is 12.3 Å². The first-order valence-corrected chi connectivity index (χ1v) is 6.81. The maximum Gasteiger partial charge on any atom is 0.0195 e. The first-order valence-electron chi connectivity index (χ1n) is 6.81. The molecule has 0 aromatic heterocycles. The highest BCUT2D eigenvalue weighted by molar-refractivity contribution is 4.89. The van der Waals surface area contributed by atoms with Gasteiger partial charge in [0.1, 0.15) is 0 Å². The molecule has 90 valence electrons. The summed E-state index contributed by atoms with van der Waals surface area (Å²) < 4.78 is 0. The van der Waals surface area contributed by atoms with E-state index in [9.17, 15) is 0 Å². The summed E-state index contributed by atoms with van der Waals surface area (Å²) in [4.78, 5) is 2.67. The smallest absolute Gasteiger partial charge is 0.0195 e. The molecule has 1 N–H and O–H groups in total. The molecule has 1 atom stereocenters. The van der Waals surface area contributed by atoms with E-state index in [1.165, 1.54) is 58.2 Å². The minimum absolute atomic E-state index is 0.736. The average molecular weight is 220 g/mol. The largest absolute Gasteiger partial charge is 0.313 e. The fourth-order valence-electron chi connectivity index (χ4n) is 2.61. The number of nitrogens with zero attached hydrogens (tertiary/aromatic N) is 1. The second-order valence-corrected chi connectivity index (χ2v) is 5.18. The van der Waals surface area contributed by atoms with Crippen LogP contribution >= 0.6 is 0 Å². The topological polar surface area (TPSA) is 15.3 Å². The Balaban J connectivity index is 1.71. The Labute approximate surface area is 99.8 Å². The zero-order valence-electron chi connectivity index (χ0n) is 10.3. The van der Waals surface area contributed by atoms with Crippen LogP contribution < -0.4 is 5.32 Å². The molecule has 1 saturated heterocycles. The van der Waals surface area contributed by atoms with E-state index >= 15 is 0 Å². The van der Waals surface area contributed by atoms with Crippen LogP contribution in [0.1, 0.15) is 44.9 Å². The van der Waals surface area contributed by atoms with Crippen molar-refractivity contribution in [1.29, 1.82) is 0 Å². The van der Waals surface area contributed by atoms with Crippen molar-refractivity contribution in [3.8, 4) is 12.3 Å². The van der Waals surface area contributed by atoms with Crippen LogP contribution in [-0.4, -0.2) is 36.6 Å². The van der Waals surface area contributed by atoms with Gasteiger partial charge in [0.25, 0.3) is 0 Å². The van der Waals surface area contributed by atoms with E-state index in [0.29, 0.717) is 0 Å². The first-order chi connectivity index (χ1) is 7.90. The number of hydrogen-bond donors (Lipinski definition) is 1. The molecular formula is C14H24N2. The fourth-order valence-corrected chi connectivity index (χ4v) is 2.61. The summed E-state index contributed by atoms with van der Waals surface area (Å²) in [6.07, 6.45) is 14.3. The lowest BCUT2D eigenvalue weighted by Gasteiger charge is -2.30. The van der Waals surface area contributed by atoms with Gasteiger partial charge in [-0.05, 0) is 45.2 Å². The standard InChI is InChI=1S/C14H24N2/c1-2-3-6-11-16(14-8-9-14)12-13-7-4-5-10-15-13/h1,13-15H,3-12H2. The van der Waals surface area contributed by atoms with E-state index in [-0.39, 0.29) is 0 Å². The average Bonchev–Trinajstić information content (AvgIpc) is 3.13. The highest BCUT2D eigenvalue weighted by Crippen LogP contribution is 2.27. The molecule has 1 saturated carbocycles. The number of piperidine rings is 1. The van der Waals surface area contributed by atoms with E-state index in [1.807, 2.05) is 0 Å². The second-order valence-electron chi connectivity index (χ2n) is 5.18. The Hall–Kier alpha value is -0.520. The highest BCUT2D eigenvalue weighted by Gasteiger charge is 2.30. The summed E-state index contributed by atoms with van der Waals surface area (Å²) in [5.41, 5.74) is 0. The van der Waals surface area contributed by atoms with Crippen LogP contribution in [0.4, 0.5) is 0 Å². The van der Waals surface area contributed by atoms with Crippen molar-refractivity contribution in [1.82, 2.24) is 10.2 Å². The Kier molecular flexibility index (Phi) is 4.69. The molecular weight excluding hydrogens is 196 g/mol. The maximum atomic E-state index is 5.31. The molecule has 0 bridgehead atoms. The molecule has 1 unspecified atom stereocenters. The fraction of sp³-hybridized carbons (Fsp3) is 0.857. The van der Waals surface area contributed by atoms with Gasteiger partial charge < -0.3 is 5.32 Å². The highest BCUT2D eigenvalue weighted by atomic mass is 15.2. The summed E-state index contributed by atoms with van der Waals surface area (Å²) in [5.74, 6) is 2.74. The van der Waals surface area contributed by atoms with Crippen LogP contribution in [0.5, 0.6) is 0 Å². The van der Waals surface area contributed by atoms with Gasteiger partial charge >= 0.3 is 0 Å². The summed E-state index contributed by atoms with van der Waals surface area (Å²) in [7, 11) is 0. The van der Waals surface area contributed by atoms with Gasteiger partial charge in [0, 0.05) is 25.0 Å². The molecule has 2 aliphatic rings. The van der Waals surface area contributed by atoms with Crippen LogP contribution in [0.25, 0.3) is 0 Å². The Bertz CT molecular complexity index is 234. The van der Waals surface area contributed by atoms with Gasteiger partial charge in [0.15, 0.2) is 0 Å². The van der Waals surface area contributed by atoms with E-state index in [4.69, 9.17) is 6.42 Å². The second kappa shape index (κ2) is 6.27. The molecule has 2 fully saturated rings. The summed E-state index contributed by atoms with van der Waals surface area (Å²) in [5, 5.41) is 3.64. The van der Waals surface area contributed by atoms with Crippen LogP contribution in [0.2, 0.25) is 0 Å². The van der Waals surface area contributed by atoms with Gasteiger partial charge in [-0.2, -0.15) is 0 Å². The van der Waals surface area contributed by atoms with E-state index < -0.39 is 0 Å². The zero-order chi connectivity index (χ0) is 11.2. The van der Waals surface area contributed by atoms with Crippen LogP contribution in [-0.2, 0) is 0 Å². The van der Waals surface area contributed by atoms with Crippen molar-refractivity contribution >= 4 is 0 Å². The number of nitrogens with one attached hydrogen (secondary N) is 1. The lowest BCUT2D eigenvalue weighted by Crippen LogP contribution is -2.44. The molecule has 16 heavy (non-hydrogen) atoms. The molecule has 2 nitrogen and oxygen atoms in total. The third kappa shape index (κ3) is 3.81. The number of rotatable bonds is 6. The predicted octanol–water partition coefficient (Wildman–Crippen LogP) is 2.01. The van der Waals surface area contributed by atoms with Crippen molar-refractivity contribution in [3.63, 3.8) is 0 Å². The molecule has 1 aliphatic heterocycles. The first kappa shape index (κ1) is 12.0. The quantitative estimate of drug-likeness (QED) is 0.544. The van der Waals surface area contributed by atoms with E-state index in [2.05, 4.69) is 16.1 Å². The summed E-state index contributed by atoms with van der Waals surface area (Å²) >= 11 is 0. The van der Waals surface area contributed by atoms with Gasteiger partial charge in [0.2, 0.25) is 0 Å². The maximum absolute atomic E-state index is 5.31. The van der Waals surface area contributed by atoms with Crippen LogP contribution in [0.3, 0.4) is 0 Å². The number of unbranched alkanes of at least 4 members (excludes halogenated alkanes) is 1. The minimum atomic E-state index is 0.736. The Morgan fingerprint density at radius 3 is 2.75 bits per heavy atom. The van der Waals surface area contributed by atoms with E-state index in [0.717, 1.165) is 18.5 Å². The molecule has 1 aliphatic carbocycles. The van der Waals surface area contributed by atoms with Gasteiger partial charge in [-0.15, -0.1) is 12.3 Å². The molecule has 0 aromatic carbocycles. The molecule has 0 spiro atoms. The lowest BCUT2D eigenvalue weighted by molar-refractivity contribution is 0.214. The van der Waals surface area contributed by atoms with Gasteiger partial charge in [0.05, 0.1) is 0 Å². The Morgan fingerprint density at radius 1 is 1.25 bits per heavy atom. The zero-order valence-corrected chi connectivity index (χ0v) is 10.3. The molecule has 0 radical (unpaired) electrons. The molecule has 1 heterocycles.